The Morgan fingerprint density at radius 2 is 2.25 bits per heavy atom. The summed E-state index contributed by atoms with van der Waals surface area (Å²) in [7, 11) is 0. The predicted octanol–water partition coefficient (Wildman–Crippen LogP) is 2.17. The van der Waals surface area contributed by atoms with Gasteiger partial charge in [-0.3, -0.25) is 0 Å². The van der Waals surface area contributed by atoms with Gasteiger partial charge in [-0.05, 0) is 31.4 Å². The van der Waals surface area contributed by atoms with E-state index in [1.54, 1.807) is 16.4 Å². The molecule has 0 unspecified atom stereocenters. The molecule has 2 rings (SSSR count). The van der Waals surface area contributed by atoms with Crippen molar-refractivity contribution in [2.45, 2.75) is 11.8 Å². The minimum Gasteiger partial charge on any atom is -0.216 e. The highest BCUT2D eigenvalue weighted by molar-refractivity contribution is 7.98. The van der Waals surface area contributed by atoms with Gasteiger partial charge in [0, 0.05) is 4.90 Å². The van der Waals surface area contributed by atoms with E-state index in [9.17, 15) is 0 Å². The van der Waals surface area contributed by atoms with Gasteiger partial charge in [0.15, 0.2) is 5.69 Å². The Morgan fingerprint density at radius 1 is 1.44 bits per heavy atom. The summed E-state index contributed by atoms with van der Waals surface area (Å²) in [5.41, 5.74) is 2.06. The highest BCUT2D eigenvalue weighted by Crippen LogP contribution is 2.19. The number of benzene rings is 1. The Balaban J connectivity index is 2.51. The lowest BCUT2D eigenvalue weighted by molar-refractivity contribution is 0.783. The summed E-state index contributed by atoms with van der Waals surface area (Å²) in [4.78, 5) is 1.16. The van der Waals surface area contributed by atoms with E-state index in [2.05, 4.69) is 10.3 Å². The number of aromatic nitrogens is 3. The van der Waals surface area contributed by atoms with Crippen molar-refractivity contribution in [2.24, 2.45) is 0 Å². The number of rotatable bonds is 2. The van der Waals surface area contributed by atoms with Gasteiger partial charge in [-0.1, -0.05) is 11.3 Å². The monoisotopic (exact) mass is 230 g/mol. The van der Waals surface area contributed by atoms with Gasteiger partial charge in [0.1, 0.15) is 6.07 Å². The fraction of sp³-hybridized carbons (Fsp3) is 0.182. The van der Waals surface area contributed by atoms with Crippen LogP contribution in [0.1, 0.15) is 11.4 Å². The summed E-state index contributed by atoms with van der Waals surface area (Å²) < 4.78 is 1.68. The molecule has 16 heavy (non-hydrogen) atoms. The van der Waals surface area contributed by atoms with Crippen molar-refractivity contribution in [3.05, 3.63) is 35.7 Å². The molecular weight excluding hydrogens is 220 g/mol. The normalized spacial score (nSPS) is 10.1. The zero-order valence-corrected chi connectivity index (χ0v) is 9.82. The van der Waals surface area contributed by atoms with Crippen LogP contribution in [0.15, 0.2) is 29.2 Å². The second kappa shape index (κ2) is 4.37. The largest absolute Gasteiger partial charge is 0.216 e. The van der Waals surface area contributed by atoms with Gasteiger partial charge in [0.2, 0.25) is 0 Å². The predicted molar refractivity (Wildman–Crippen MR) is 62.6 cm³/mol. The summed E-state index contributed by atoms with van der Waals surface area (Å²) in [6.07, 6.45) is 2.02. The molecule has 0 amide bonds. The van der Waals surface area contributed by atoms with Crippen LogP contribution in [-0.2, 0) is 0 Å². The smallest absolute Gasteiger partial charge is 0.186 e. The second-order valence-electron chi connectivity index (χ2n) is 3.25. The van der Waals surface area contributed by atoms with Crippen LogP contribution in [0.3, 0.4) is 0 Å². The van der Waals surface area contributed by atoms with Crippen molar-refractivity contribution in [3.8, 4) is 11.8 Å². The van der Waals surface area contributed by atoms with Crippen molar-refractivity contribution >= 4 is 11.8 Å². The van der Waals surface area contributed by atoms with Gasteiger partial charge < -0.3 is 0 Å². The van der Waals surface area contributed by atoms with Crippen LogP contribution in [0.5, 0.6) is 0 Å². The summed E-state index contributed by atoms with van der Waals surface area (Å²) in [6.45, 7) is 1.84. The van der Waals surface area contributed by atoms with Crippen LogP contribution >= 0.6 is 11.8 Å². The molecule has 1 heterocycles. The zero-order valence-electron chi connectivity index (χ0n) is 9.01. The number of thioether (sulfide) groups is 1. The fourth-order valence-electron chi connectivity index (χ4n) is 1.42. The minimum atomic E-state index is 0.370. The van der Waals surface area contributed by atoms with Crippen molar-refractivity contribution in [3.63, 3.8) is 0 Å². The second-order valence-corrected chi connectivity index (χ2v) is 4.13. The molecule has 0 saturated carbocycles. The molecule has 0 aliphatic rings. The van der Waals surface area contributed by atoms with Gasteiger partial charge in [-0.2, -0.15) is 5.26 Å². The lowest BCUT2D eigenvalue weighted by Crippen LogP contribution is -1.99. The average Bonchev–Trinajstić information content (AvgIpc) is 2.70. The maximum Gasteiger partial charge on any atom is 0.186 e. The molecule has 80 valence electrons. The molecule has 1 aromatic heterocycles. The number of nitrogens with zero attached hydrogens (tertiary/aromatic N) is 4. The van der Waals surface area contributed by atoms with Gasteiger partial charge in [0.05, 0.1) is 11.4 Å². The van der Waals surface area contributed by atoms with Crippen molar-refractivity contribution < 1.29 is 0 Å². The summed E-state index contributed by atoms with van der Waals surface area (Å²) in [5.74, 6) is 0. The molecule has 0 saturated heterocycles. The topological polar surface area (TPSA) is 54.5 Å². The van der Waals surface area contributed by atoms with E-state index in [1.165, 1.54) is 0 Å². The van der Waals surface area contributed by atoms with E-state index >= 15 is 0 Å². The first kappa shape index (κ1) is 10.7. The van der Waals surface area contributed by atoms with Crippen LogP contribution in [0.4, 0.5) is 0 Å². The minimum absolute atomic E-state index is 0.370. The van der Waals surface area contributed by atoms with Gasteiger partial charge in [0.25, 0.3) is 0 Å². The van der Waals surface area contributed by atoms with Crippen molar-refractivity contribution in [1.82, 2.24) is 15.0 Å². The standard InChI is InChI=1S/C11H10N4S/c1-8-11(7-12)13-14-15(8)9-4-3-5-10(6-9)16-2/h3-6H,1-2H3. The Morgan fingerprint density at radius 3 is 2.88 bits per heavy atom. The lowest BCUT2D eigenvalue weighted by Gasteiger charge is -2.04. The van der Waals surface area contributed by atoms with Gasteiger partial charge in [-0.25, -0.2) is 4.68 Å². The first-order valence-electron chi connectivity index (χ1n) is 4.73. The quantitative estimate of drug-likeness (QED) is 0.742. The summed E-state index contributed by atoms with van der Waals surface area (Å²) in [6, 6.07) is 9.98. The van der Waals surface area contributed by atoms with Crippen LogP contribution in [0, 0.1) is 18.3 Å². The molecule has 0 N–H and O–H groups in total. The van der Waals surface area contributed by atoms with E-state index in [-0.39, 0.29) is 0 Å². The molecule has 0 aliphatic carbocycles. The molecule has 0 aliphatic heterocycles. The molecule has 0 fully saturated rings. The molecule has 0 atom stereocenters. The maximum atomic E-state index is 8.81. The highest BCUT2D eigenvalue weighted by atomic mass is 32.2. The maximum absolute atomic E-state index is 8.81. The molecule has 0 spiro atoms. The van der Waals surface area contributed by atoms with Crippen LogP contribution < -0.4 is 0 Å². The number of hydrogen-bond donors (Lipinski definition) is 0. The Hall–Kier alpha value is -1.80. The van der Waals surface area contributed by atoms with Crippen molar-refractivity contribution in [1.29, 1.82) is 5.26 Å². The SMILES string of the molecule is CSc1cccc(-n2nnc(C#N)c2C)c1. The highest BCUT2D eigenvalue weighted by Gasteiger charge is 2.09. The molecule has 4 nitrogen and oxygen atoms in total. The summed E-state index contributed by atoms with van der Waals surface area (Å²) in [5, 5.41) is 16.6. The van der Waals surface area contributed by atoms with E-state index in [4.69, 9.17) is 5.26 Å². The van der Waals surface area contributed by atoms with E-state index in [0.717, 1.165) is 16.3 Å². The lowest BCUT2D eigenvalue weighted by atomic mass is 10.3. The van der Waals surface area contributed by atoms with E-state index in [0.29, 0.717) is 5.69 Å². The molecule has 0 bridgehead atoms. The first-order valence-corrected chi connectivity index (χ1v) is 5.95. The average molecular weight is 230 g/mol. The Labute approximate surface area is 97.9 Å². The molecular formula is C11H10N4S. The third kappa shape index (κ3) is 1.79. The molecule has 2 aromatic rings. The fourth-order valence-corrected chi connectivity index (χ4v) is 1.87. The van der Waals surface area contributed by atoms with Gasteiger partial charge in [-0.15, -0.1) is 16.9 Å². The van der Waals surface area contributed by atoms with E-state index < -0.39 is 0 Å². The van der Waals surface area contributed by atoms with Crippen LogP contribution in [0.25, 0.3) is 5.69 Å². The molecule has 0 radical (unpaired) electrons. The third-order valence-electron chi connectivity index (χ3n) is 2.30. The zero-order chi connectivity index (χ0) is 11.5. The van der Waals surface area contributed by atoms with Gasteiger partial charge >= 0.3 is 0 Å². The third-order valence-corrected chi connectivity index (χ3v) is 3.02. The Kier molecular flexibility index (Phi) is 2.93. The molecule has 1 aromatic carbocycles. The molecule has 5 heteroatoms. The number of nitriles is 1. The van der Waals surface area contributed by atoms with Crippen LogP contribution in [0.2, 0.25) is 0 Å². The first-order chi connectivity index (χ1) is 7.76. The number of hydrogen-bond acceptors (Lipinski definition) is 4. The summed E-state index contributed by atoms with van der Waals surface area (Å²) >= 11 is 1.67. The Bertz CT molecular complexity index is 553. The van der Waals surface area contributed by atoms with E-state index in [1.807, 2.05) is 43.5 Å². The van der Waals surface area contributed by atoms with Crippen molar-refractivity contribution in [2.75, 3.05) is 6.26 Å². The van der Waals surface area contributed by atoms with Crippen LogP contribution in [-0.4, -0.2) is 21.2 Å².